The highest BCUT2D eigenvalue weighted by Crippen LogP contribution is 2.26. The number of likely N-dealkylation sites (N-methyl/N-ethyl adjacent to an activating group) is 1. The van der Waals surface area contributed by atoms with E-state index in [1.807, 2.05) is 25.2 Å². The first-order valence-electron chi connectivity index (χ1n) is 6.31. The van der Waals surface area contributed by atoms with Gasteiger partial charge in [0.15, 0.2) is 0 Å². The van der Waals surface area contributed by atoms with E-state index < -0.39 is 0 Å². The topological polar surface area (TPSA) is 40.2 Å². The van der Waals surface area contributed by atoms with Gasteiger partial charge in [0, 0.05) is 25.7 Å². The van der Waals surface area contributed by atoms with Gasteiger partial charge in [-0.25, -0.2) is 4.98 Å². The molecule has 0 saturated heterocycles. The minimum absolute atomic E-state index is 0.544. The van der Waals surface area contributed by atoms with Crippen LogP contribution < -0.4 is 10.6 Å². The van der Waals surface area contributed by atoms with Crippen LogP contribution in [0.1, 0.15) is 19.8 Å². The van der Waals surface area contributed by atoms with Crippen molar-refractivity contribution in [2.75, 3.05) is 31.3 Å². The number of aromatic nitrogens is 1. The van der Waals surface area contributed by atoms with E-state index in [1.54, 1.807) is 0 Å². The summed E-state index contributed by atoms with van der Waals surface area (Å²) < 4.78 is 0. The van der Waals surface area contributed by atoms with Crippen LogP contribution in [-0.2, 0) is 0 Å². The number of hydrogen-bond donors (Lipinski definition) is 2. The fraction of sp³-hybridized carbons (Fsp3) is 0.615. The summed E-state index contributed by atoms with van der Waals surface area (Å²) in [6, 6.07) is 7.33. The van der Waals surface area contributed by atoms with Crippen molar-refractivity contribution in [1.29, 1.82) is 0 Å². The molecule has 1 atom stereocenters. The molecule has 2 N–H and O–H groups in total. The maximum absolute atomic E-state index is 4.44. The van der Waals surface area contributed by atoms with Crippen molar-refractivity contribution in [2.24, 2.45) is 0 Å². The number of nitrogens with zero attached hydrogens (tertiary/aromatic N) is 2. The van der Waals surface area contributed by atoms with Crippen LogP contribution in [-0.4, -0.2) is 42.6 Å². The Morgan fingerprint density at radius 1 is 1.41 bits per heavy atom. The molecular weight excluding hydrogens is 212 g/mol. The van der Waals surface area contributed by atoms with Gasteiger partial charge in [-0.3, -0.25) is 4.90 Å². The van der Waals surface area contributed by atoms with Gasteiger partial charge in [-0.15, -0.1) is 0 Å². The van der Waals surface area contributed by atoms with Crippen LogP contribution in [0.25, 0.3) is 0 Å². The molecule has 0 aromatic carbocycles. The monoisotopic (exact) mass is 234 g/mol. The molecule has 1 aromatic rings. The lowest BCUT2D eigenvalue weighted by molar-refractivity contribution is 0.257. The third-order valence-electron chi connectivity index (χ3n) is 3.40. The largest absolute Gasteiger partial charge is 0.373 e. The molecule has 4 heteroatoms. The quantitative estimate of drug-likeness (QED) is 0.790. The molecular formula is C13H22N4. The minimum atomic E-state index is 0.544. The highest BCUT2D eigenvalue weighted by atomic mass is 15.2. The van der Waals surface area contributed by atoms with Gasteiger partial charge in [0.2, 0.25) is 0 Å². The molecule has 0 aliphatic heterocycles. The molecule has 1 fully saturated rings. The average molecular weight is 234 g/mol. The number of anilines is 2. The van der Waals surface area contributed by atoms with Gasteiger partial charge in [0.05, 0.1) is 0 Å². The number of nitrogens with one attached hydrogen (secondary N) is 2. The van der Waals surface area contributed by atoms with E-state index in [0.717, 1.165) is 24.2 Å². The Labute approximate surface area is 103 Å². The molecule has 1 aliphatic carbocycles. The molecule has 0 amide bonds. The van der Waals surface area contributed by atoms with Crippen molar-refractivity contribution in [3.63, 3.8) is 0 Å². The third kappa shape index (κ3) is 3.33. The Kier molecular flexibility index (Phi) is 3.84. The van der Waals surface area contributed by atoms with Crippen molar-refractivity contribution in [3.8, 4) is 0 Å². The van der Waals surface area contributed by atoms with Crippen LogP contribution >= 0.6 is 0 Å². The molecule has 1 aliphatic rings. The summed E-state index contributed by atoms with van der Waals surface area (Å²) in [5.41, 5.74) is 0. The Balaban J connectivity index is 1.83. The summed E-state index contributed by atoms with van der Waals surface area (Å²) in [5, 5.41) is 6.43. The van der Waals surface area contributed by atoms with E-state index in [4.69, 9.17) is 0 Å². The van der Waals surface area contributed by atoms with Gasteiger partial charge in [0.1, 0.15) is 11.6 Å². The fourth-order valence-corrected chi connectivity index (χ4v) is 1.91. The lowest BCUT2D eigenvalue weighted by Gasteiger charge is -2.24. The van der Waals surface area contributed by atoms with E-state index in [-0.39, 0.29) is 0 Å². The first-order valence-corrected chi connectivity index (χ1v) is 6.31. The second-order valence-corrected chi connectivity index (χ2v) is 4.78. The summed E-state index contributed by atoms with van der Waals surface area (Å²) in [6.07, 6.45) is 2.71. The Bertz CT molecular complexity index is 362. The molecule has 2 rings (SSSR count). The first kappa shape index (κ1) is 12.2. The normalized spacial score (nSPS) is 16.9. The van der Waals surface area contributed by atoms with Crippen molar-refractivity contribution < 1.29 is 0 Å². The smallest absolute Gasteiger partial charge is 0.128 e. The molecule has 4 nitrogen and oxygen atoms in total. The fourth-order valence-electron chi connectivity index (χ4n) is 1.91. The number of pyridine rings is 1. The van der Waals surface area contributed by atoms with Crippen LogP contribution in [0.4, 0.5) is 11.6 Å². The summed E-state index contributed by atoms with van der Waals surface area (Å²) >= 11 is 0. The van der Waals surface area contributed by atoms with Gasteiger partial charge in [-0.2, -0.15) is 0 Å². The van der Waals surface area contributed by atoms with Crippen molar-refractivity contribution in [3.05, 3.63) is 18.2 Å². The maximum atomic E-state index is 4.44. The van der Waals surface area contributed by atoms with E-state index in [2.05, 4.69) is 34.5 Å². The average Bonchev–Trinajstić information content (AvgIpc) is 3.19. The summed E-state index contributed by atoms with van der Waals surface area (Å²) in [4.78, 5) is 6.90. The molecule has 1 unspecified atom stereocenters. The second-order valence-electron chi connectivity index (χ2n) is 4.78. The van der Waals surface area contributed by atoms with Gasteiger partial charge in [0.25, 0.3) is 0 Å². The van der Waals surface area contributed by atoms with Crippen LogP contribution in [0.15, 0.2) is 18.2 Å². The molecule has 94 valence electrons. The van der Waals surface area contributed by atoms with Gasteiger partial charge in [-0.1, -0.05) is 6.07 Å². The van der Waals surface area contributed by atoms with Crippen molar-refractivity contribution >= 4 is 11.6 Å². The van der Waals surface area contributed by atoms with Gasteiger partial charge in [-0.05, 0) is 38.9 Å². The zero-order chi connectivity index (χ0) is 12.3. The molecule has 0 bridgehead atoms. The van der Waals surface area contributed by atoms with Gasteiger partial charge >= 0.3 is 0 Å². The highest BCUT2D eigenvalue weighted by molar-refractivity contribution is 5.44. The first-order chi connectivity index (χ1) is 8.20. The molecule has 1 aromatic heterocycles. The van der Waals surface area contributed by atoms with Gasteiger partial charge < -0.3 is 10.6 Å². The SMILES string of the molecule is CNc1cccc(NCC(C)N(C)C2CC2)n1. The van der Waals surface area contributed by atoms with Crippen molar-refractivity contribution in [2.45, 2.75) is 31.8 Å². The van der Waals surface area contributed by atoms with Crippen LogP contribution in [0.2, 0.25) is 0 Å². The molecule has 1 saturated carbocycles. The van der Waals surface area contributed by atoms with E-state index in [9.17, 15) is 0 Å². The molecule has 0 spiro atoms. The maximum Gasteiger partial charge on any atom is 0.128 e. The molecule has 0 radical (unpaired) electrons. The molecule has 1 heterocycles. The predicted octanol–water partition coefficient (Wildman–Crippen LogP) is 2.02. The summed E-state index contributed by atoms with van der Waals surface area (Å²) in [6.45, 7) is 3.19. The highest BCUT2D eigenvalue weighted by Gasteiger charge is 2.28. The predicted molar refractivity (Wildman–Crippen MR) is 72.5 cm³/mol. The lowest BCUT2D eigenvalue weighted by atomic mass is 10.3. The standard InChI is InChI=1S/C13H22N4/c1-10(17(3)11-7-8-11)9-15-13-6-4-5-12(14-2)16-13/h4-6,10-11H,7-9H2,1-3H3,(H2,14,15,16). The zero-order valence-electron chi connectivity index (χ0n) is 10.9. The summed E-state index contributed by atoms with van der Waals surface area (Å²) in [5.74, 6) is 1.84. The van der Waals surface area contributed by atoms with Crippen LogP contribution in [0.3, 0.4) is 0 Å². The zero-order valence-corrected chi connectivity index (χ0v) is 10.9. The Morgan fingerprint density at radius 3 is 2.76 bits per heavy atom. The van der Waals surface area contributed by atoms with E-state index in [0.29, 0.717) is 6.04 Å². The third-order valence-corrected chi connectivity index (χ3v) is 3.40. The van der Waals surface area contributed by atoms with Crippen LogP contribution in [0, 0.1) is 0 Å². The van der Waals surface area contributed by atoms with Crippen LogP contribution in [0.5, 0.6) is 0 Å². The minimum Gasteiger partial charge on any atom is -0.373 e. The summed E-state index contributed by atoms with van der Waals surface area (Å²) in [7, 11) is 4.09. The lowest BCUT2D eigenvalue weighted by Crippen LogP contribution is -2.36. The Hall–Kier alpha value is -1.29. The van der Waals surface area contributed by atoms with E-state index >= 15 is 0 Å². The molecule has 17 heavy (non-hydrogen) atoms. The van der Waals surface area contributed by atoms with E-state index in [1.165, 1.54) is 12.8 Å². The van der Waals surface area contributed by atoms with Crippen molar-refractivity contribution in [1.82, 2.24) is 9.88 Å². The number of rotatable bonds is 6. The Morgan fingerprint density at radius 2 is 2.12 bits per heavy atom. The second kappa shape index (κ2) is 5.36. The number of hydrogen-bond acceptors (Lipinski definition) is 4.